The Hall–Kier alpha value is -0.160. The van der Waals surface area contributed by atoms with Crippen molar-refractivity contribution in [2.75, 3.05) is 26.9 Å². The maximum Gasteiger partial charge on any atom is 0.0897 e. The maximum absolute atomic E-state index is 9.83. The minimum absolute atomic E-state index is 0.0399. The number of aliphatic hydroxyl groups excluding tert-OH is 1. The molecule has 0 spiro atoms. The molecule has 1 fully saturated rings. The number of hydrogen-bond donors (Lipinski definition) is 2. The highest BCUT2D eigenvalue weighted by molar-refractivity contribution is 4.80. The summed E-state index contributed by atoms with van der Waals surface area (Å²) in [5.41, 5.74) is 0. The molecular weight excluding hydrogens is 230 g/mol. The van der Waals surface area contributed by atoms with Crippen LogP contribution in [0.3, 0.4) is 0 Å². The quantitative estimate of drug-likeness (QED) is 0.591. The molecule has 0 saturated heterocycles. The van der Waals surface area contributed by atoms with Crippen molar-refractivity contribution in [3.05, 3.63) is 0 Å². The van der Waals surface area contributed by atoms with Crippen LogP contribution in [0.1, 0.15) is 39.5 Å². The van der Waals surface area contributed by atoms with Crippen LogP contribution in [0.5, 0.6) is 0 Å². The Bertz CT molecular complexity index is 209. The van der Waals surface area contributed by atoms with Gasteiger partial charge in [0.25, 0.3) is 0 Å². The number of ether oxygens (including phenoxy) is 2. The summed E-state index contributed by atoms with van der Waals surface area (Å²) in [6.45, 7) is 5.71. The molecule has 1 rings (SSSR count). The van der Waals surface area contributed by atoms with Crippen molar-refractivity contribution in [2.24, 2.45) is 5.92 Å². The van der Waals surface area contributed by atoms with Crippen LogP contribution in [0.2, 0.25) is 0 Å². The average Bonchev–Trinajstić information content (AvgIpc) is 3.16. The lowest BCUT2D eigenvalue weighted by Crippen LogP contribution is -2.38. The molecule has 0 heterocycles. The summed E-state index contributed by atoms with van der Waals surface area (Å²) in [5.74, 6) is 0.928. The molecule has 0 amide bonds. The first-order chi connectivity index (χ1) is 8.65. The third-order valence-corrected chi connectivity index (χ3v) is 3.42. The van der Waals surface area contributed by atoms with E-state index in [4.69, 9.17) is 9.47 Å². The van der Waals surface area contributed by atoms with Crippen molar-refractivity contribution in [1.29, 1.82) is 0 Å². The lowest BCUT2D eigenvalue weighted by atomic mass is 10.1. The van der Waals surface area contributed by atoms with E-state index in [9.17, 15) is 5.11 Å². The normalized spacial score (nSPS) is 20.7. The third-order valence-electron chi connectivity index (χ3n) is 3.42. The van der Waals surface area contributed by atoms with Gasteiger partial charge in [-0.2, -0.15) is 0 Å². The Morgan fingerprint density at radius 3 is 2.61 bits per heavy atom. The van der Waals surface area contributed by atoms with Crippen molar-refractivity contribution >= 4 is 0 Å². The third kappa shape index (κ3) is 7.31. The molecule has 1 aliphatic carbocycles. The van der Waals surface area contributed by atoms with Crippen LogP contribution in [0.15, 0.2) is 0 Å². The number of aliphatic hydroxyl groups is 1. The van der Waals surface area contributed by atoms with Crippen LogP contribution in [-0.4, -0.2) is 50.2 Å². The molecule has 0 aromatic carbocycles. The Morgan fingerprint density at radius 1 is 1.33 bits per heavy atom. The van der Waals surface area contributed by atoms with Crippen molar-refractivity contribution in [3.63, 3.8) is 0 Å². The largest absolute Gasteiger partial charge is 0.389 e. The van der Waals surface area contributed by atoms with Gasteiger partial charge in [0, 0.05) is 19.7 Å². The van der Waals surface area contributed by atoms with E-state index in [1.165, 1.54) is 19.3 Å². The predicted molar refractivity (Wildman–Crippen MR) is 72.7 cm³/mol. The highest BCUT2D eigenvalue weighted by Crippen LogP contribution is 2.33. The molecule has 3 unspecified atom stereocenters. The Kier molecular flexibility index (Phi) is 7.82. The summed E-state index contributed by atoms with van der Waals surface area (Å²) >= 11 is 0. The molecular formula is C14H29NO3. The van der Waals surface area contributed by atoms with Crippen molar-refractivity contribution in [1.82, 2.24) is 5.32 Å². The van der Waals surface area contributed by atoms with Gasteiger partial charge in [-0.25, -0.2) is 0 Å². The fourth-order valence-corrected chi connectivity index (χ4v) is 2.07. The van der Waals surface area contributed by atoms with Gasteiger partial charge in [0.05, 0.1) is 25.4 Å². The van der Waals surface area contributed by atoms with E-state index < -0.39 is 6.10 Å². The minimum Gasteiger partial charge on any atom is -0.389 e. The highest BCUT2D eigenvalue weighted by atomic mass is 16.5. The van der Waals surface area contributed by atoms with Crippen molar-refractivity contribution in [3.8, 4) is 0 Å². The lowest BCUT2D eigenvalue weighted by molar-refractivity contribution is -0.0316. The van der Waals surface area contributed by atoms with Gasteiger partial charge >= 0.3 is 0 Å². The SMILES string of the molecule is CCC(CC1CC1)NCC(O)COC(C)COC. The second kappa shape index (κ2) is 8.86. The Balaban J connectivity index is 2.04. The molecule has 0 aliphatic heterocycles. The topological polar surface area (TPSA) is 50.7 Å². The summed E-state index contributed by atoms with van der Waals surface area (Å²) in [4.78, 5) is 0. The zero-order valence-electron chi connectivity index (χ0n) is 12.0. The summed E-state index contributed by atoms with van der Waals surface area (Å²) in [6.07, 6.45) is 4.76. The van der Waals surface area contributed by atoms with Gasteiger partial charge < -0.3 is 19.9 Å². The first-order valence-corrected chi connectivity index (χ1v) is 7.17. The van der Waals surface area contributed by atoms with Crippen LogP contribution >= 0.6 is 0 Å². The Labute approximate surface area is 111 Å². The monoisotopic (exact) mass is 259 g/mol. The van der Waals surface area contributed by atoms with Gasteiger partial charge in [-0.1, -0.05) is 19.8 Å². The van der Waals surface area contributed by atoms with Crippen molar-refractivity contribution in [2.45, 2.75) is 57.8 Å². The molecule has 4 heteroatoms. The molecule has 18 heavy (non-hydrogen) atoms. The number of rotatable bonds is 11. The van der Waals surface area contributed by atoms with E-state index in [1.807, 2.05) is 6.92 Å². The molecule has 0 radical (unpaired) electrons. The number of hydrogen-bond acceptors (Lipinski definition) is 4. The predicted octanol–water partition coefficient (Wildman–Crippen LogP) is 1.57. The van der Waals surface area contributed by atoms with E-state index in [-0.39, 0.29) is 6.10 Å². The van der Waals surface area contributed by atoms with Gasteiger partial charge in [-0.15, -0.1) is 0 Å². The molecule has 0 aromatic heterocycles. The van der Waals surface area contributed by atoms with Crippen molar-refractivity contribution < 1.29 is 14.6 Å². The molecule has 0 bridgehead atoms. The van der Waals surface area contributed by atoms with Crippen LogP contribution in [0.25, 0.3) is 0 Å². The van der Waals surface area contributed by atoms with E-state index in [0.717, 1.165) is 12.3 Å². The Morgan fingerprint density at radius 2 is 2.06 bits per heavy atom. The van der Waals surface area contributed by atoms with Crippen LogP contribution < -0.4 is 5.32 Å². The second-order valence-electron chi connectivity index (χ2n) is 5.45. The lowest BCUT2D eigenvalue weighted by Gasteiger charge is -2.20. The summed E-state index contributed by atoms with van der Waals surface area (Å²) in [7, 11) is 1.65. The zero-order valence-corrected chi connectivity index (χ0v) is 12.0. The molecule has 1 saturated carbocycles. The smallest absolute Gasteiger partial charge is 0.0897 e. The molecule has 3 atom stereocenters. The fourth-order valence-electron chi connectivity index (χ4n) is 2.07. The van der Waals surface area contributed by atoms with E-state index in [2.05, 4.69) is 12.2 Å². The fraction of sp³-hybridized carbons (Fsp3) is 1.00. The van der Waals surface area contributed by atoms with Gasteiger partial charge in [0.15, 0.2) is 0 Å². The van der Waals surface area contributed by atoms with Gasteiger partial charge in [0.1, 0.15) is 0 Å². The van der Waals surface area contributed by atoms with E-state index in [0.29, 0.717) is 25.8 Å². The van der Waals surface area contributed by atoms with E-state index >= 15 is 0 Å². The first-order valence-electron chi connectivity index (χ1n) is 7.17. The van der Waals surface area contributed by atoms with Gasteiger partial charge in [0.2, 0.25) is 0 Å². The average molecular weight is 259 g/mol. The number of methoxy groups -OCH3 is 1. The summed E-state index contributed by atoms with van der Waals surface area (Å²) in [6, 6.07) is 0.545. The summed E-state index contributed by atoms with van der Waals surface area (Å²) in [5, 5.41) is 13.3. The molecule has 4 nitrogen and oxygen atoms in total. The first kappa shape index (κ1) is 15.9. The van der Waals surface area contributed by atoms with Gasteiger partial charge in [-0.3, -0.25) is 0 Å². The van der Waals surface area contributed by atoms with Crippen LogP contribution in [0, 0.1) is 5.92 Å². The molecule has 1 aliphatic rings. The minimum atomic E-state index is -0.433. The maximum atomic E-state index is 9.83. The highest BCUT2D eigenvalue weighted by Gasteiger charge is 2.24. The zero-order chi connectivity index (χ0) is 13.4. The molecule has 108 valence electrons. The van der Waals surface area contributed by atoms with Gasteiger partial charge in [-0.05, 0) is 25.7 Å². The molecule has 2 N–H and O–H groups in total. The number of nitrogens with one attached hydrogen (secondary N) is 1. The van der Waals surface area contributed by atoms with Crippen LogP contribution in [-0.2, 0) is 9.47 Å². The summed E-state index contributed by atoms with van der Waals surface area (Å²) < 4.78 is 10.5. The van der Waals surface area contributed by atoms with E-state index in [1.54, 1.807) is 7.11 Å². The van der Waals surface area contributed by atoms with Crippen LogP contribution in [0.4, 0.5) is 0 Å². The molecule has 0 aromatic rings. The standard InChI is InChI=1S/C14H29NO3/c1-4-13(7-12-5-6-12)15-8-14(16)10-18-11(2)9-17-3/h11-16H,4-10H2,1-3H3. The second-order valence-corrected chi connectivity index (χ2v) is 5.45.